The van der Waals surface area contributed by atoms with E-state index in [0.717, 1.165) is 27.6 Å². The van der Waals surface area contributed by atoms with Gasteiger partial charge in [-0.1, -0.05) is 48.5 Å². The summed E-state index contributed by atoms with van der Waals surface area (Å²) < 4.78 is 15.1. The van der Waals surface area contributed by atoms with Crippen LogP contribution in [-0.4, -0.2) is 19.7 Å². The van der Waals surface area contributed by atoms with Gasteiger partial charge in [0.25, 0.3) is 5.56 Å². The van der Waals surface area contributed by atoms with Crippen LogP contribution in [0.25, 0.3) is 33.4 Å². The lowest BCUT2D eigenvalue weighted by molar-refractivity contribution is 0.628. The first-order chi connectivity index (χ1) is 15.1. The van der Waals surface area contributed by atoms with Crippen molar-refractivity contribution in [2.24, 2.45) is 7.05 Å². The third-order valence-electron chi connectivity index (χ3n) is 5.07. The van der Waals surface area contributed by atoms with Gasteiger partial charge < -0.3 is 9.55 Å². The molecule has 0 spiro atoms. The predicted molar refractivity (Wildman–Crippen MR) is 121 cm³/mol. The van der Waals surface area contributed by atoms with Gasteiger partial charge in [0, 0.05) is 29.1 Å². The number of nitrogens with one attached hydrogen (secondary N) is 1. The minimum atomic E-state index is -0.310. The van der Waals surface area contributed by atoms with Crippen LogP contribution in [0.5, 0.6) is 0 Å². The molecule has 0 fully saturated rings. The summed E-state index contributed by atoms with van der Waals surface area (Å²) in [4.78, 5) is 16.6. The van der Waals surface area contributed by atoms with E-state index < -0.39 is 0 Å². The van der Waals surface area contributed by atoms with Gasteiger partial charge >= 0.3 is 0 Å². The molecular formula is C24H17FN4OS. The van der Waals surface area contributed by atoms with E-state index in [1.807, 2.05) is 61.6 Å². The number of aromatic nitrogens is 4. The second kappa shape index (κ2) is 7.85. The van der Waals surface area contributed by atoms with Crippen molar-refractivity contribution in [1.29, 1.82) is 0 Å². The Balaban J connectivity index is 1.66. The van der Waals surface area contributed by atoms with Gasteiger partial charge in [0.05, 0.1) is 4.90 Å². The summed E-state index contributed by atoms with van der Waals surface area (Å²) in [7, 11) is 1.83. The Kier molecular flexibility index (Phi) is 4.88. The fraction of sp³-hybridized carbons (Fsp3) is 0.0417. The zero-order valence-electron chi connectivity index (χ0n) is 16.5. The lowest BCUT2D eigenvalue weighted by atomic mass is 10.0. The molecular weight excluding hydrogens is 411 g/mol. The summed E-state index contributed by atoms with van der Waals surface area (Å²) in [5.74, 6) is 0.289. The Bertz CT molecular complexity index is 1440. The number of benzene rings is 3. The predicted octanol–water partition coefficient (Wildman–Crippen LogP) is 5.28. The van der Waals surface area contributed by atoms with Gasteiger partial charge in [-0.25, -0.2) is 4.39 Å². The summed E-state index contributed by atoms with van der Waals surface area (Å²) in [5, 5.41) is 10.1. The Morgan fingerprint density at radius 3 is 2.35 bits per heavy atom. The summed E-state index contributed by atoms with van der Waals surface area (Å²) in [6.07, 6.45) is 0. The highest BCUT2D eigenvalue weighted by atomic mass is 32.2. The van der Waals surface area contributed by atoms with E-state index >= 15 is 0 Å². The lowest BCUT2D eigenvalue weighted by Crippen LogP contribution is -2.11. The largest absolute Gasteiger partial charge is 0.321 e. The van der Waals surface area contributed by atoms with Crippen molar-refractivity contribution in [2.75, 3.05) is 0 Å². The number of nitrogens with zero attached hydrogens (tertiary/aromatic N) is 3. The van der Waals surface area contributed by atoms with Crippen molar-refractivity contribution in [3.63, 3.8) is 0 Å². The highest BCUT2D eigenvalue weighted by Crippen LogP contribution is 2.37. The van der Waals surface area contributed by atoms with Crippen molar-refractivity contribution in [3.8, 4) is 22.5 Å². The molecule has 152 valence electrons. The maximum Gasteiger partial charge on any atom is 0.263 e. The highest BCUT2D eigenvalue weighted by Gasteiger charge is 2.19. The molecule has 5 aromatic rings. The van der Waals surface area contributed by atoms with Crippen LogP contribution in [0.1, 0.15) is 0 Å². The average Bonchev–Trinajstić information content (AvgIpc) is 3.15. The molecule has 0 aliphatic rings. The molecule has 5 rings (SSSR count). The number of hydrogen-bond acceptors (Lipinski definition) is 4. The molecule has 5 nitrogen and oxygen atoms in total. The van der Waals surface area contributed by atoms with Crippen LogP contribution in [0.2, 0.25) is 0 Å². The molecule has 0 unspecified atom stereocenters. The smallest absolute Gasteiger partial charge is 0.263 e. The quantitative estimate of drug-likeness (QED) is 0.423. The number of para-hydroxylation sites is 1. The van der Waals surface area contributed by atoms with E-state index in [1.165, 1.54) is 23.9 Å². The molecule has 0 saturated heterocycles. The van der Waals surface area contributed by atoms with E-state index in [0.29, 0.717) is 15.9 Å². The van der Waals surface area contributed by atoms with Crippen LogP contribution in [-0.2, 0) is 7.05 Å². The second-order valence-electron chi connectivity index (χ2n) is 7.04. The van der Waals surface area contributed by atoms with E-state index in [9.17, 15) is 9.18 Å². The molecule has 2 aromatic heterocycles. The molecule has 7 heteroatoms. The van der Waals surface area contributed by atoms with Crippen molar-refractivity contribution in [1.82, 2.24) is 19.7 Å². The zero-order valence-corrected chi connectivity index (χ0v) is 17.4. The van der Waals surface area contributed by atoms with Crippen LogP contribution in [0.15, 0.2) is 93.7 Å². The average molecular weight is 428 g/mol. The molecule has 1 N–H and O–H groups in total. The van der Waals surface area contributed by atoms with E-state index in [2.05, 4.69) is 15.2 Å². The van der Waals surface area contributed by atoms with Crippen LogP contribution >= 0.6 is 11.8 Å². The van der Waals surface area contributed by atoms with E-state index in [-0.39, 0.29) is 11.4 Å². The SMILES string of the molecule is Cn1c(Sc2c(-c3ccccc3)c3ccccc3[nH]c2=O)nnc1-c1ccc(F)cc1. The summed E-state index contributed by atoms with van der Waals surface area (Å²) >= 11 is 1.27. The highest BCUT2D eigenvalue weighted by molar-refractivity contribution is 7.99. The van der Waals surface area contributed by atoms with Crippen molar-refractivity contribution >= 4 is 22.7 Å². The number of pyridine rings is 1. The summed E-state index contributed by atoms with van der Waals surface area (Å²) in [6, 6.07) is 23.7. The molecule has 0 aliphatic carbocycles. The zero-order chi connectivity index (χ0) is 21.4. The second-order valence-corrected chi connectivity index (χ2v) is 8.02. The third kappa shape index (κ3) is 3.53. The van der Waals surface area contributed by atoms with Gasteiger partial charge in [0.15, 0.2) is 11.0 Å². The number of H-pyrrole nitrogens is 1. The normalized spacial score (nSPS) is 11.2. The molecule has 0 aliphatic heterocycles. The number of hydrogen-bond donors (Lipinski definition) is 1. The summed E-state index contributed by atoms with van der Waals surface area (Å²) in [6.45, 7) is 0. The monoisotopic (exact) mass is 428 g/mol. The molecule has 31 heavy (non-hydrogen) atoms. The minimum Gasteiger partial charge on any atom is -0.321 e. The van der Waals surface area contributed by atoms with Crippen LogP contribution < -0.4 is 5.56 Å². The fourth-order valence-corrected chi connectivity index (χ4v) is 4.52. The van der Waals surface area contributed by atoms with Crippen molar-refractivity contribution in [2.45, 2.75) is 10.1 Å². The first-order valence-corrected chi connectivity index (χ1v) is 10.5. The molecule has 2 heterocycles. The molecule has 0 radical (unpaired) electrons. The Labute approximate surface area is 181 Å². The maximum atomic E-state index is 13.3. The minimum absolute atomic E-state index is 0.186. The standard InChI is InChI=1S/C24H17FN4OS/c1-29-22(16-11-13-17(25)14-12-16)27-28-24(29)31-21-20(15-7-3-2-4-8-15)18-9-5-6-10-19(18)26-23(21)30/h2-14H,1H3,(H,26,30). The van der Waals surface area contributed by atoms with Gasteiger partial charge in [-0.05, 0) is 47.7 Å². The molecule has 3 aromatic carbocycles. The number of rotatable bonds is 4. The first kappa shape index (κ1) is 19.3. The summed E-state index contributed by atoms with van der Waals surface area (Å²) in [5.41, 5.74) is 3.15. The third-order valence-corrected chi connectivity index (χ3v) is 6.20. The van der Waals surface area contributed by atoms with Gasteiger partial charge in [-0.3, -0.25) is 4.79 Å². The van der Waals surface area contributed by atoms with Gasteiger partial charge in [0.2, 0.25) is 0 Å². The molecule has 0 atom stereocenters. The number of fused-ring (bicyclic) bond motifs is 1. The fourth-order valence-electron chi connectivity index (χ4n) is 3.56. The Hall–Kier alpha value is -3.71. The Morgan fingerprint density at radius 2 is 1.58 bits per heavy atom. The number of halogens is 1. The van der Waals surface area contributed by atoms with Gasteiger partial charge in [-0.2, -0.15) is 0 Å². The first-order valence-electron chi connectivity index (χ1n) is 9.65. The molecule has 0 saturated carbocycles. The van der Waals surface area contributed by atoms with Gasteiger partial charge in [0.1, 0.15) is 5.82 Å². The van der Waals surface area contributed by atoms with E-state index in [1.54, 1.807) is 16.7 Å². The van der Waals surface area contributed by atoms with Gasteiger partial charge in [-0.15, -0.1) is 10.2 Å². The van der Waals surface area contributed by atoms with E-state index in [4.69, 9.17) is 0 Å². The van der Waals surface area contributed by atoms with Crippen LogP contribution in [0, 0.1) is 5.82 Å². The molecule has 0 bridgehead atoms. The molecule has 0 amide bonds. The van der Waals surface area contributed by atoms with Crippen molar-refractivity contribution in [3.05, 3.63) is 95.0 Å². The topological polar surface area (TPSA) is 63.6 Å². The number of aromatic amines is 1. The Morgan fingerprint density at radius 1 is 0.871 bits per heavy atom. The van der Waals surface area contributed by atoms with Crippen LogP contribution in [0.3, 0.4) is 0 Å². The lowest BCUT2D eigenvalue weighted by Gasteiger charge is -2.12. The van der Waals surface area contributed by atoms with Crippen molar-refractivity contribution < 1.29 is 4.39 Å². The van der Waals surface area contributed by atoms with Crippen LogP contribution in [0.4, 0.5) is 4.39 Å². The maximum absolute atomic E-state index is 13.3.